The first-order chi connectivity index (χ1) is 9.83. The number of benzene rings is 1. The molecule has 0 unspecified atom stereocenters. The van der Waals surface area contributed by atoms with E-state index in [1.807, 2.05) is 11.8 Å². The van der Waals surface area contributed by atoms with E-state index in [0.717, 1.165) is 6.54 Å². The van der Waals surface area contributed by atoms with Crippen LogP contribution in [0.5, 0.6) is 0 Å². The minimum Gasteiger partial charge on any atom is -0.389 e. The van der Waals surface area contributed by atoms with Crippen molar-refractivity contribution in [3.63, 3.8) is 0 Å². The molecule has 0 spiro atoms. The van der Waals surface area contributed by atoms with Crippen LogP contribution in [0.3, 0.4) is 0 Å². The van der Waals surface area contributed by atoms with Gasteiger partial charge in [-0.15, -0.1) is 0 Å². The van der Waals surface area contributed by atoms with Crippen LogP contribution in [0.25, 0.3) is 0 Å². The van der Waals surface area contributed by atoms with Crippen LogP contribution in [0, 0.1) is 0 Å². The fraction of sp³-hybridized carbons (Fsp3) is 0.500. The molecule has 0 aromatic heterocycles. The Balaban J connectivity index is 2.02. The first-order valence-corrected chi connectivity index (χ1v) is 7.23. The lowest BCUT2D eigenvalue weighted by molar-refractivity contribution is 0.0343. The Bertz CT molecular complexity index is 514. The van der Waals surface area contributed by atoms with Gasteiger partial charge in [-0.3, -0.25) is 19.4 Å². The highest BCUT2D eigenvalue weighted by Gasteiger charge is 2.35. The summed E-state index contributed by atoms with van der Waals surface area (Å²) >= 11 is 0. The van der Waals surface area contributed by atoms with E-state index in [0.29, 0.717) is 30.8 Å². The van der Waals surface area contributed by atoms with Crippen molar-refractivity contribution in [1.82, 2.24) is 9.80 Å². The quantitative estimate of drug-likeness (QED) is 0.804. The molecule has 1 aliphatic rings. The Morgan fingerprint density at radius 3 is 2.10 bits per heavy atom. The molecule has 0 saturated carbocycles. The van der Waals surface area contributed by atoms with Crippen LogP contribution in [-0.4, -0.2) is 58.5 Å². The van der Waals surface area contributed by atoms with Gasteiger partial charge in [0, 0.05) is 19.6 Å². The molecule has 5 heteroatoms. The first-order valence-electron chi connectivity index (χ1n) is 7.23. The van der Waals surface area contributed by atoms with Crippen LogP contribution in [0.4, 0.5) is 0 Å². The predicted octanol–water partition coefficient (Wildman–Crippen LogP) is 1.38. The molecule has 2 amide bonds. The van der Waals surface area contributed by atoms with Crippen molar-refractivity contribution in [2.24, 2.45) is 0 Å². The highest BCUT2D eigenvalue weighted by atomic mass is 16.3. The second-order valence-electron chi connectivity index (χ2n) is 5.99. The second kappa shape index (κ2) is 5.95. The lowest BCUT2D eigenvalue weighted by Gasteiger charge is -2.29. The number of likely N-dealkylation sites (N-methyl/N-ethyl adjacent to an activating group) is 1. The van der Waals surface area contributed by atoms with E-state index in [1.165, 1.54) is 4.90 Å². The lowest BCUT2D eigenvalue weighted by Crippen LogP contribution is -2.43. The molecule has 1 N–H and O–H groups in total. The normalized spacial score (nSPS) is 15.0. The maximum absolute atomic E-state index is 12.2. The largest absolute Gasteiger partial charge is 0.389 e. The van der Waals surface area contributed by atoms with E-state index in [1.54, 1.807) is 38.1 Å². The zero-order chi connectivity index (χ0) is 15.6. The van der Waals surface area contributed by atoms with Gasteiger partial charge in [-0.1, -0.05) is 19.1 Å². The first kappa shape index (κ1) is 15.7. The molecule has 0 aliphatic carbocycles. The Morgan fingerprint density at radius 1 is 1.14 bits per heavy atom. The van der Waals surface area contributed by atoms with Gasteiger partial charge >= 0.3 is 0 Å². The van der Waals surface area contributed by atoms with Crippen molar-refractivity contribution in [3.05, 3.63) is 35.4 Å². The van der Waals surface area contributed by atoms with E-state index >= 15 is 0 Å². The van der Waals surface area contributed by atoms with Crippen molar-refractivity contribution >= 4 is 11.8 Å². The van der Waals surface area contributed by atoms with Crippen LogP contribution >= 0.6 is 0 Å². The van der Waals surface area contributed by atoms with Crippen molar-refractivity contribution < 1.29 is 14.7 Å². The SMILES string of the molecule is CCN(CCN1C(=O)c2ccccc2C1=O)CC(C)(C)O. The molecule has 0 radical (unpaired) electrons. The number of fused-ring (bicyclic) bond motifs is 1. The van der Waals surface area contributed by atoms with Crippen molar-refractivity contribution in [1.29, 1.82) is 0 Å². The molecule has 21 heavy (non-hydrogen) atoms. The summed E-state index contributed by atoms with van der Waals surface area (Å²) in [5.41, 5.74) is 0.166. The fourth-order valence-electron chi connectivity index (χ4n) is 2.58. The van der Waals surface area contributed by atoms with Gasteiger partial charge < -0.3 is 5.11 Å². The van der Waals surface area contributed by atoms with Crippen LogP contribution < -0.4 is 0 Å². The molecule has 2 rings (SSSR count). The van der Waals surface area contributed by atoms with Crippen LogP contribution in [0.15, 0.2) is 24.3 Å². The number of rotatable bonds is 6. The third-order valence-corrected chi connectivity index (χ3v) is 3.58. The number of imide groups is 1. The topological polar surface area (TPSA) is 60.9 Å². The van der Waals surface area contributed by atoms with Crippen molar-refractivity contribution in [2.45, 2.75) is 26.4 Å². The number of carbonyl (C=O) groups excluding carboxylic acids is 2. The summed E-state index contributed by atoms with van der Waals surface area (Å²) in [6, 6.07) is 6.90. The van der Waals surface area contributed by atoms with Crippen molar-refractivity contribution in [2.75, 3.05) is 26.2 Å². The summed E-state index contributed by atoms with van der Waals surface area (Å²) in [6.45, 7) is 7.66. The van der Waals surface area contributed by atoms with Gasteiger partial charge in [0.15, 0.2) is 0 Å². The summed E-state index contributed by atoms with van der Waals surface area (Å²) in [4.78, 5) is 27.8. The summed E-state index contributed by atoms with van der Waals surface area (Å²) in [6.07, 6.45) is 0. The zero-order valence-corrected chi connectivity index (χ0v) is 12.8. The molecular weight excluding hydrogens is 268 g/mol. The van der Waals surface area contributed by atoms with Crippen LogP contribution in [0.1, 0.15) is 41.5 Å². The Kier molecular flexibility index (Phi) is 4.44. The second-order valence-corrected chi connectivity index (χ2v) is 5.99. The van der Waals surface area contributed by atoms with Crippen LogP contribution in [-0.2, 0) is 0 Å². The molecule has 1 heterocycles. The Hall–Kier alpha value is -1.72. The molecule has 1 aromatic carbocycles. The summed E-state index contributed by atoms with van der Waals surface area (Å²) in [7, 11) is 0. The van der Waals surface area contributed by atoms with Gasteiger partial charge in [-0.2, -0.15) is 0 Å². The smallest absolute Gasteiger partial charge is 0.261 e. The average molecular weight is 290 g/mol. The predicted molar refractivity (Wildman–Crippen MR) is 80.2 cm³/mol. The lowest BCUT2D eigenvalue weighted by atomic mass is 10.1. The summed E-state index contributed by atoms with van der Waals surface area (Å²) in [5, 5.41) is 9.87. The molecule has 0 fully saturated rings. The van der Waals surface area contributed by atoms with Gasteiger partial charge in [-0.05, 0) is 32.5 Å². The third kappa shape index (κ3) is 3.49. The number of amides is 2. The molecule has 5 nitrogen and oxygen atoms in total. The minimum absolute atomic E-state index is 0.227. The summed E-state index contributed by atoms with van der Waals surface area (Å²) < 4.78 is 0. The molecule has 1 aliphatic heterocycles. The van der Waals surface area contributed by atoms with E-state index in [2.05, 4.69) is 0 Å². The zero-order valence-electron chi connectivity index (χ0n) is 12.8. The standard InChI is InChI=1S/C16H22N2O3/c1-4-17(11-16(2,3)21)9-10-18-14(19)12-7-5-6-8-13(12)15(18)20/h5-8,21H,4,9-11H2,1-3H3. The number of hydrogen-bond acceptors (Lipinski definition) is 4. The monoisotopic (exact) mass is 290 g/mol. The third-order valence-electron chi connectivity index (χ3n) is 3.58. The van der Waals surface area contributed by atoms with E-state index in [-0.39, 0.29) is 11.8 Å². The highest BCUT2D eigenvalue weighted by Crippen LogP contribution is 2.22. The molecule has 0 atom stereocenters. The Labute approximate surface area is 125 Å². The molecular formula is C16H22N2O3. The number of aliphatic hydroxyl groups is 1. The van der Waals surface area contributed by atoms with Gasteiger partial charge in [0.25, 0.3) is 11.8 Å². The fourth-order valence-corrected chi connectivity index (χ4v) is 2.58. The van der Waals surface area contributed by atoms with Gasteiger partial charge in [-0.25, -0.2) is 0 Å². The van der Waals surface area contributed by atoms with Crippen molar-refractivity contribution in [3.8, 4) is 0 Å². The number of nitrogens with zero attached hydrogens (tertiary/aromatic N) is 2. The molecule has 0 saturated heterocycles. The van der Waals surface area contributed by atoms with E-state index < -0.39 is 5.60 Å². The summed E-state index contributed by atoms with van der Waals surface area (Å²) in [5.74, 6) is -0.454. The number of hydrogen-bond donors (Lipinski definition) is 1. The minimum atomic E-state index is -0.794. The maximum Gasteiger partial charge on any atom is 0.261 e. The van der Waals surface area contributed by atoms with Gasteiger partial charge in [0.1, 0.15) is 0 Å². The molecule has 1 aromatic rings. The average Bonchev–Trinajstić information content (AvgIpc) is 2.67. The maximum atomic E-state index is 12.2. The molecule has 114 valence electrons. The molecule has 0 bridgehead atoms. The highest BCUT2D eigenvalue weighted by molar-refractivity contribution is 6.21. The van der Waals surface area contributed by atoms with E-state index in [4.69, 9.17) is 0 Å². The number of carbonyl (C=O) groups is 2. The Morgan fingerprint density at radius 2 is 1.67 bits per heavy atom. The van der Waals surface area contributed by atoms with E-state index in [9.17, 15) is 14.7 Å². The van der Waals surface area contributed by atoms with Gasteiger partial charge in [0.2, 0.25) is 0 Å². The van der Waals surface area contributed by atoms with Gasteiger partial charge in [0.05, 0.1) is 16.7 Å². The van der Waals surface area contributed by atoms with Crippen LogP contribution in [0.2, 0.25) is 0 Å².